The van der Waals surface area contributed by atoms with Crippen LogP contribution in [0.4, 0.5) is 5.69 Å². The van der Waals surface area contributed by atoms with Gasteiger partial charge in [0.2, 0.25) is 0 Å². The first-order chi connectivity index (χ1) is 17.6. The lowest BCUT2D eigenvalue weighted by atomic mass is 10.1. The molecule has 1 atom stereocenters. The van der Waals surface area contributed by atoms with E-state index in [1.165, 1.54) is 0 Å². The molecular formula is C27H23ClN4O3S. The number of pyridine rings is 1. The van der Waals surface area contributed by atoms with Crippen molar-refractivity contribution in [3.05, 3.63) is 112 Å². The van der Waals surface area contributed by atoms with Gasteiger partial charge in [-0.3, -0.25) is 9.78 Å². The molecule has 0 radical (unpaired) electrons. The maximum Gasteiger partial charge on any atom is 0.313 e. The number of carboxylic acids is 1. The van der Waals surface area contributed by atoms with Crippen LogP contribution < -0.4 is 10.1 Å². The van der Waals surface area contributed by atoms with E-state index in [4.69, 9.17) is 16.3 Å². The lowest BCUT2D eigenvalue weighted by Gasteiger charge is -2.28. The van der Waals surface area contributed by atoms with Gasteiger partial charge in [0, 0.05) is 24.0 Å². The van der Waals surface area contributed by atoms with Crippen LogP contribution in [0.2, 0.25) is 5.02 Å². The Kier molecular flexibility index (Phi) is 7.16. The molecular weight excluding hydrogens is 496 g/mol. The summed E-state index contributed by atoms with van der Waals surface area (Å²) in [6.07, 6.45) is 5.43. The number of nitrogens with one attached hydrogen (secondary N) is 1. The normalized spacial score (nSPS) is 16.3. The molecule has 2 N–H and O–H groups in total. The summed E-state index contributed by atoms with van der Waals surface area (Å²) in [6.45, 7) is 0.925. The summed E-state index contributed by atoms with van der Waals surface area (Å²) in [5.41, 5.74) is 3.56. The first-order valence-electron chi connectivity index (χ1n) is 11.2. The second kappa shape index (κ2) is 10.8. The van der Waals surface area contributed by atoms with E-state index in [0.717, 1.165) is 27.5 Å². The number of hydrogen-bond acceptors (Lipinski definition) is 6. The lowest BCUT2D eigenvalue weighted by molar-refractivity contribution is -0.133. The summed E-state index contributed by atoms with van der Waals surface area (Å²) >= 11 is 6.49. The molecule has 9 heteroatoms. The van der Waals surface area contributed by atoms with Crippen molar-refractivity contribution in [1.29, 1.82) is 0 Å². The number of carboxylic acid groups (broad SMARTS) is 1. The molecule has 0 saturated carbocycles. The number of fused-ring (bicyclic) bond motifs is 1. The van der Waals surface area contributed by atoms with Gasteiger partial charge < -0.3 is 20.1 Å². The maximum atomic E-state index is 11.5. The fourth-order valence-electron chi connectivity index (χ4n) is 3.87. The predicted octanol–water partition coefficient (Wildman–Crippen LogP) is 5.49. The van der Waals surface area contributed by atoms with Crippen LogP contribution in [0.3, 0.4) is 0 Å². The average molecular weight is 519 g/mol. The molecule has 1 unspecified atom stereocenters. The van der Waals surface area contributed by atoms with Crippen LogP contribution in [-0.2, 0) is 17.9 Å². The van der Waals surface area contributed by atoms with Crippen molar-refractivity contribution >= 4 is 45.1 Å². The molecule has 2 aliphatic heterocycles. The van der Waals surface area contributed by atoms with Crippen molar-refractivity contribution in [2.24, 2.45) is 4.99 Å². The number of rotatable bonds is 9. The largest absolute Gasteiger partial charge is 0.486 e. The molecule has 0 bridgehead atoms. The molecule has 1 aromatic heterocycles. The van der Waals surface area contributed by atoms with Crippen molar-refractivity contribution in [2.45, 2.75) is 13.2 Å². The minimum Gasteiger partial charge on any atom is -0.486 e. The van der Waals surface area contributed by atoms with Crippen molar-refractivity contribution in [3.63, 3.8) is 0 Å². The molecule has 0 fully saturated rings. The molecule has 182 valence electrons. The standard InChI is InChI=1S/C27H23ClN4O3S/c28-23-14-20(9-10-24(23)35-16-21-8-4-5-12-29-21)31-26-22-11-13-36(17-25(33)34)27(22)32(18-30-26)15-19-6-2-1-3-7-19/h1-14,18,31H,15-17H2,(H,33,34). The lowest BCUT2D eigenvalue weighted by Crippen LogP contribution is -2.33. The summed E-state index contributed by atoms with van der Waals surface area (Å²) in [5.74, 6) is 0.406. The monoisotopic (exact) mass is 518 g/mol. The Hall–Kier alpha value is -3.88. The Labute approximate surface area is 216 Å². The Balaban J connectivity index is 1.36. The van der Waals surface area contributed by atoms with E-state index in [9.17, 15) is 9.90 Å². The summed E-state index contributed by atoms with van der Waals surface area (Å²) in [5, 5.41) is 15.2. The number of benzene rings is 2. The van der Waals surface area contributed by atoms with Gasteiger partial charge in [0.1, 0.15) is 18.2 Å². The molecule has 0 amide bonds. The predicted molar refractivity (Wildman–Crippen MR) is 145 cm³/mol. The molecule has 3 heterocycles. The van der Waals surface area contributed by atoms with E-state index in [-0.39, 0.29) is 5.75 Å². The Morgan fingerprint density at radius 1 is 1.11 bits per heavy atom. The third-order valence-corrected chi connectivity index (χ3v) is 7.76. The molecule has 3 aromatic rings. The minimum atomic E-state index is -0.832. The highest BCUT2D eigenvalue weighted by molar-refractivity contribution is 8.19. The zero-order valence-corrected chi connectivity index (χ0v) is 20.7. The molecule has 2 aliphatic rings. The Morgan fingerprint density at radius 2 is 1.94 bits per heavy atom. The number of hydrogen-bond donors (Lipinski definition) is 2. The van der Waals surface area contributed by atoms with Gasteiger partial charge in [0.25, 0.3) is 0 Å². The molecule has 5 rings (SSSR count). The van der Waals surface area contributed by atoms with Gasteiger partial charge in [-0.05, 0) is 47.4 Å². The fourth-order valence-corrected chi connectivity index (χ4v) is 5.89. The van der Waals surface area contributed by atoms with Crippen LogP contribution in [0.25, 0.3) is 0 Å². The molecule has 7 nitrogen and oxygen atoms in total. The summed E-state index contributed by atoms with van der Waals surface area (Å²) in [6, 6.07) is 21.1. The number of halogens is 1. The summed E-state index contributed by atoms with van der Waals surface area (Å²) in [4.78, 5) is 23.4. The van der Waals surface area contributed by atoms with Crippen molar-refractivity contribution in [2.75, 3.05) is 11.1 Å². The van der Waals surface area contributed by atoms with Crippen LogP contribution in [-0.4, -0.2) is 38.0 Å². The van der Waals surface area contributed by atoms with Crippen LogP contribution in [0, 0.1) is 0 Å². The number of aliphatic carboxylic acids is 1. The number of carbonyl (C=O) groups is 1. The highest BCUT2D eigenvalue weighted by atomic mass is 35.5. The highest BCUT2D eigenvalue weighted by Gasteiger charge is 2.27. The van der Waals surface area contributed by atoms with Crippen LogP contribution >= 0.6 is 22.1 Å². The van der Waals surface area contributed by atoms with Gasteiger partial charge in [-0.1, -0.05) is 48.0 Å². The molecule has 0 aliphatic carbocycles. The van der Waals surface area contributed by atoms with Gasteiger partial charge in [0.05, 0.1) is 27.8 Å². The molecule has 0 spiro atoms. The summed E-state index contributed by atoms with van der Waals surface area (Å²) in [7, 11) is -0.564. The van der Waals surface area contributed by atoms with Gasteiger partial charge in [-0.2, -0.15) is 0 Å². The van der Waals surface area contributed by atoms with E-state index in [1.807, 2.05) is 71.0 Å². The second-order valence-corrected chi connectivity index (χ2v) is 10.3. The van der Waals surface area contributed by atoms with Crippen LogP contribution in [0.5, 0.6) is 5.75 Å². The van der Waals surface area contributed by atoms with Crippen molar-refractivity contribution in [3.8, 4) is 5.75 Å². The highest BCUT2D eigenvalue weighted by Crippen LogP contribution is 2.36. The third kappa shape index (κ3) is 5.50. The van der Waals surface area contributed by atoms with E-state index >= 15 is 0 Å². The zero-order chi connectivity index (χ0) is 24.9. The zero-order valence-electron chi connectivity index (χ0n) is 19.2. The van der Waals surface area contributed by atoms with Crippen molar-refractivity contribution < 1.29 is 14.6 Å². The van der Waals surface area contributed by atoms with Gasteiger partial charge in [0.15, 0.2) is 0 Å². The van der Waals surface area contributed by atoms with E-state index in [2.05, 4.69) is 15.3 Å². The molecule has 0 saturated heterocycles. The van der Waals surface area contributed by atoms with Crippen LogP contribution in [0.15, 0.2) is 101 Å². The fraction of sp³-hybridized carbons (Fsp3) is 0.111. The molecule has 36 heavy (non-hydrogen) atoms. The molecule has 2 aromatic carbocycles. The maximum absolute atomic E-state index is 11.5. The van der Waals surface area contributed by atoms with Crippen LogP contribution in [0.1, 0.15) is 11.3 Å². The van der Waals surface area contributed by atoms with Gasteiger partial charge in [-0.25, -0.2) is 4.99 Å². The summed E-state index contributed by atoms with van der Waals surface area (Å²) < 4.78 is 5.82. The SMILES string of the molecule is O=C(O)CS1=C2C(=C(Nc3ccc(OCc4ccccn4)c(Cl)c3)N=CN2Cc2ccccc2)C=C1. The Bertz CT molecular complexity index is 1410. The van der Waals surface area contributed by atoms with E-state index in [1.54, 1.807) is 24.7 Å². The van der Waals surface area contributed by atoms with E-state index in [0.29, 0.717) is 29.7 Å². The van der Waals surface area contributed by atoms with Gasteiger partial charge in [-0.15, -0.1) is 10.5 Å². The average Bonchev–Trinajstić information content (AvgIpc) is 3.30. The van der Waals surface area contributed by atoms with Gasteiger partial charge >= 0.3 is 5.97 Å². The minimum absolute atomic E-state index is 0.0376. The quantitative estimate of drug-likeness (QED) is 0.364. The number of aliphatic imine (C=N–C) groups is 1. The number of anilines is 1. The Morgan fingerprint density at radius 3 is 2.69 bits per heavy atom. The first kappa shape index (κ1) is 23.8. The number of nitrogens with zero attached hydrogens (tertiary/aromatic N) is 3. The third-order valence-electron chi connectivity index (χ3n) is 5.49. The van der Waals surface area contributed by atoms with Crippen molar-refractivity contribution in [1.82, 2.24) is 9.88 Å². The second-order valence-electron chi connectivity index (χ2n) is 8.08. The number of aromatic nitrogens is 1. The smallest absolute Gasteiger partial charge is 0.313 e. The van der Waals surface area contributed by atoms with E-state index < -0.39 is 16.5 Å². The number of ether oxygens (including phenoxy) is 1. The topological polar surface area (TPSA) is 87.0 Å². The first-order valence-corrected chi connectivity index (χ1v) is 13.1.